The number of carbonyl (C=O) groups is 1. The van der Waals surface area contributed by atoms with Crippen molar-refractivity contribution < 1.29 is 13.6 Å². The summed E-state index contributed by atoms with van der Waals surface area (Å²) in [6.45, 7) is 2.51. The smallest absolute Gasteiger partial charge is 0.315 e. The van der Waals surface area contributed by atoms with Gasteiger partial charge in [-0.2, -0.15) is 8.78 Å². The van der Waals surface area contributed by atoms with E-state index in [1.54, 1.807) is 0 Å². The lowest BCUT2D eigenvalue weighted by atomic mass is 9.98. The molecule has 0 bridgehead atoms. The SMILES string of the molecule is CC1CCCC1CNC(=O)C(F)F. The largest absolute Gasteiger partial charge is 0.351 e. The maximum atomic E-state index is 11.8. The Labute approximate surface area is 76.7 Å². The summed E-state index contributed by atoms with van der Waals surface area (Å²) < 4.78 is 23.6. The van der Waals surface area contributed by atoms with Crippen LogP contribution in [0.3, 0.4) is 0 Å². The number of hydrogen-bond donors (Lipinski definition) is 1. The minimum absolute atomic E-state index is 0.391. The Balaban J connectivity index is 2.22. The van der Waals surface area contributed by atoms with E-state index in [1.807, 2.05) is 0 Å². The topological polar surface area (TPSA) is 29.1 Å². The molecule has 2 unspecified atom stereocenters. The second-order valence-electron chi connectivity index (χ2n) is 3.71. The van der Waals surface area contributed by atoms with Crippen LogP contribution >= 0.6 is 0 Å². The number of hydrogen-bond acceptors (Lipinski definition) is 1. The number of alkyl halides is 2. The van der Waals surface area contributed by atoms with E-state index < -0.39 is 12.3 Å². The van der Waals surface area contributed by atoms with Crippen LogP contribution in [0.5, 0.6) is 0 Å². The summed E-state index contributed by atoms with van der Waals surface area (Å²) in [6.07, 6.45) is 0.465. The molecule has 0 heterocycles. The molecular formula is C9H15F2NO. The summed E-state index contributed by atoms with van der Waals surface area (Å²) in [5.41, 5.74) is 0. The number of nitrogens with one attached hydrogen (secondary N) is 1. The van der Waals surface area contributed by atoms with Crippen molar-refractivity contribution in [3.8, 4) is 0 Å². The lowest BCUT2D eigenvalue weighted by Crippen LogP contribution is -2.34. The van der Waals surface area contributed by atoms with Gasteiger partial charge in [0.1, 0.15) is 0 Å². The molecule has 0 aromatic heterocycles. The Bertz CT molecular complexity index is 184. The number of rotatable bonds is 3. The quantitative estimate of drug-likeness (QED) is 0.724. The standard InChI is InChI=1S/C9H15F2NO/c1-6-3-2-4-7(6)5-12-9(13)8(10)11/h6-8H,2-5H2,1H3,(H,12,13). The highest BCUT2D eigenvalue weighted by Crippen LogP contribution is 2.30. The highest BCUT2D eigenvalue weighted by Gasteiger charge is 2.24. The summed E-state index contributed by atoms with van der Waals surface area (Å²) in [5.74, 6) is -0.195. The van der Waals surface area contributed by atoms with Crippen LogP contribution in [0.4, 0.5) is 8.78 Å². The molecule has 0 aromatic carbocycles. The Morgan fingerprint density at radius 1 is 1.54 bits per heavy atom. The van der Waals surface area contributed by atoms with Gasteiger partial charge in [-0.15, -0.1) is 0 Å². The zero-order valence-electron chi connectivity index (χ0n) is 7.72. The molecule has 0 radical (unpaired) electrons. The monoisotopic (exact) mass is 191 g/mol. The molecule has 0 aliphatic heterocycles. The van der Waals surface area contributed by atoms with Crippen LogP contribution in [0, 0.1) is 11.8 Å². The summed E-state index contributed by atoms with van der Waals surface area (Å²) in [5, 5.41) is 2.27. The third-order valence-corrected chi connectivity index (χ3v) is 2.78. The van der Waals surface area contributed by atoms with E-state index in [0.717, 1.165) is 19.3 Å². The van der Waals surface area contributed by atoms with Gasteiger partial charge in [0, 0.05) is 6.54 Å². The normalized spacial score (nSPS) is 28.0. The van der Waals surface area contributed by atoms with Crippen LogP contribution in [-0.4, -0.2) is 18.9 Å². The Hall–Kier alpha value is -0.670. The average molecular weight is 191 g/mol. The van der Waals surface area contributed by atoms with Gasteiger partial charge in [0.05, 0.1) is 0 Å². The van der Waals surface area contributed by atoms with Crippen molar-refractivity contribution in [1.29, 1.82) is 0 Å². The van der Waals surface area contributed by atoms with Gasteiger partial charge in [-0.1, -0.05) is 19.8 Å². The maximum absolute atomic E-state index is 11.8. The van der Waals surface area contributed by atoms with E-state index in [4.69, 9.17) is 0 Å². The minimum Gasteiger partial charge on any atom is -0.351 e. The highest BCUT2D eigenvalue weighted by atomic mass is 19.3. The summed E-state index contributed by atoms with van der Waals surface area (Å²) in [7, 11) is 0. The lowest BCUT2D eigenvalue weighted by molar-refractivity contribution is -0.131. The van der Waals surface area contributed by atoms with Crippen LogP contribution in [0.15, 0.2) is 0 Å². The van der Waals surface area contributed by atoms with Crippen LogP contribution < -0.4 is 5.32 Å². The van der Waals surface area contributed by atoms with Gasteiger partial charge in [0.25, 0.3) is 5.91 Å². The first-order valence-electron chi connectivity index (χ1n) is 4.67. The van der Waals surface area contributed by atoms with E-state index in [1.165, 1.54) is 0 Å². The fraction of sp³-hybridized carbons (Fsp3) is 0.889. The molecule has 13 heavy (non-hydrogen) atoms. The summed E-state index contributed by atoms with van der Waals surface area (Å²) in [6, 6.07) is 0. The van der Waals surface area contributed by atoms with Crippen molar-refractivity contribution in [1.82, 2.24) is 5.32 Å². The first kappa shape index (κ1) is 10.4. The molecule has 2 atom stereocenters. The Kier molecular flexibility index (Phi) is 3.63. The Morgan fingerprint density at radius 3 is 2.69 bits per heavy atom. The average Bonchev–Trinajstić information content (AvgIpc) is 2.47. The third-order valence-electron chi connectivity index (χ3n) is 2.78. The predicted molar refractivity (Wildman–Crippen MR) is 45.5 cm³/mol. The maximum Gasteiger partial charge on any atom is 0.315 e. The van der Waals surface area contributed by atoms with Gasteiger partial charge < -0.3 is 5.32 Å². The zero-order valence-corrected chi connectivity index (χ0v) is 7.72. The Morgan fingerprint density at radius 2 is 2.23 bits per heavy atom. The fourth-order valence-corrected chi connectivity index (χ4v) is 1.83. The molecule has 1 aliphatic rings. The molecule has 4 heteroatoms. The van der Waals surface area contributed by atoms with Crippen LogP contribution in [0.1, 0.15) is 26.2 Å². The second kappa shape index (κ2) is 4.53. The van der Waals surface area contributed by atoms with Crippen molar-refractivity contribution in [2.24, 2.45) is 11.8 Å². The molecule has 0 spiro atoms. The van der Waals surface area contributed by atoms with E-state index in [9.17, 15) is 13.6 Å². The molecular weight excluding hydrogens is 176 g/mol. The molecule has 0 aromatic rings. The summed E-state index contributed by atoms with van der Waals surface area (Å²) in [4.78, 5) is 10.5. The molecule has 1 N–H and O–H groups in total. The lowest BCUT2D eigenvalue weighted by Gasteiger charge is -2.15. The molecule has 1 rings (SSSR count). The summed E-state index contributed by atoms with van der Waals surface area (Å²) >= 11 is 0. The first-order chi connectivity index (χ1) is 6.11. The fourth-order valence-electron chi connectivity index (χ4n) is 1.83. The van der Waals surface area contributed by atoms with Crippen molar-refractivity contribution >= 4 is 5.91 Å². The molecule has 2 nitrogen and oxygen atoms in total. The number of halogens is 2. The van der Waals surface area contributed by atoms with Gasteiger partial charge in [-0.25, -0.2) is 0 Å². The highest BCUT2D eigenvalue weighted by molar-refractivity contribution is 5.79. The van der Waals surface area contributed by atoms with Gasteiger partial charge in [-0.05, 0) is 18.3 Å². The van der Waals surface area contributed by atoms with Crippen molar-refractivity contribution in [2.45, 2.75) is 32.6 Å². The van der Waals surface area contributed by atoms with Crippen molar-refractivity contribution in [3.63, 3.8) is 0 Å². The molecule has 1 fully saturated rings. The van der Waals surface area contributed by atoms with E-state index in [2.05, 4.69) is 12.2 Å². The molecule has 1 saturated carbocycles. The zero-order chi connectivity index (χ0) is 9.84. The van der Waals surface area contributed by atoms with Crippen molar-refractivity contribution in [3.05, 3.63) is 0 Å². The second-order valence-corrected chi connectivity index (χ2v) is 3.71. The van der Waals surface area contributed by atoms with Crippen LogP contribution in [-0.2, 0) is 4.79 Å². The van der Waals surface area contributed by atoms with E-state index in [0.29, 0.717) is 18.4 Å². The molecule has 76 valence electrons. The van der Waals surface area contributed by atoms with Gasteiger partial charge in [0.2, 0.25) is 0 Å². The minimum atomic E-state index is -2.88. The van der Waals surface area contributed by atoms with E-state index >= 15 is 0 Å². The third kappa shape index (κ3) is 2.94. The van der Waals surface area contributed by atoms with Gasteiger partial charge >= 0.3 is 6.43 Å². The predicted octanol–water partition coefficient (Wildman–Crippen LogP) is 1.80. The van der Waals surface area contributed by atoms with Crippen LogP contribution in [0.2, 0.25) is 0 Å². The van der Waals surface area contributed by atoms with Crippen molar-refractivity contribution in [2.75, 3.05) is 6.54 Å². The number of amides is 1. The van der Waals surface area contributed by atoms with Gasteiger partial charge in [0.15, 0.2) is 0 Å². The van der Waals surface area contributed by atoms with Gasteiger partial charge in [-0.3, -0.25) is 4.79 Å². The first-order valence-corrected chi connectivity index (χ1v) is 4.67. The molecule has 1 amide bonds. The molecule has 0 saturated heterocycles. The van der Waals surface area contributed by atoms with Crippen LogP contribution in [0.25, 0.3) is 0 Å². The number of carbonyl (C=O) groups excluding carboxylic acids is 1. The van der Waals surface area contributed by atoms with E-state index in [-0.39, 0.29) is 0 Å². The molecule has 1 aliphatic carbocycles.